The van der Waals surface area contributed by atoms with Gasteiger partial charge < -0.3 is 0 Å². The van der Waals surface area contributed by atoms with E-state index in [0.717, 1.165) is 17.5 Å². The van der Waals surface area contributed by atoms with Crippen LogP contribution in [0, 0.1) is 0 Å². The van der Waals surface area contributed by atoms with E-state index in [1.165, 1.54) is 5.56 Å². The number of hydrogen-bond donors (Lipinski definition) is 0. The van der Waals surface area contributed by atoms with E-state index in [4.69, 9.17) is 0 Å². The van der Waals surface area contributed by atoms with E-state index in [2.05, 4.69) is 19.9 Å². The summed E-state index contributed by atoms with van der Waals surface area (Å²) in [6.07, 6.45) is 0.777. The van der Waals surface area contributed by atoms with Crippen molar-refractivity contribution in [3.63, 3.8) is 0 Å². The van der Waals surface area contributed by atoms with E-state index in [1.807, 2.05) is 30.3 Å². The first-order valence-electron chi connectivity index (χ1n) is 7.65. The largest absolute Gasteiger partial charge is 0.243 e. The molecule has 2 aromatic rings. The van der Waals surface area contributed by atoms with Gasteiger partial charge in [-0.1, -0.05) is 50.2 Å². The summed E-state index contributed by atoms with van der Waals surface area (Å²) in [5, 5.41) is 0. The molecular formula is C18H21NO2S. The Balaban J connectivity index is 1.88. The molecule has 1 heterocycles. The minimum absolute atomic E-state index is 0.385. The zero-order valence-electron chi connectivity index (χ0n) is 13.0. The van der Waals surface area contributed by atoms with E-state index in [9.17, 15) is 8.42 Å². The summed E-state index contributed by atoms with van der Waals surface area (Å²) < 4.78 is 27.2. The van der Waals surface area contributed by atoms with Gasteiger partial charge in [0, 0.05) is 13.1 Å². The highest BCUT2D eigenvalue weighted by Crippen LogP contribution is 2.25. The maximum Gasteiger partial charge on any atom is 0.243 e. The van der Waals surface area contributed by atoms with E-state index >= 15 is 0 Å². The van der Waals surface area contributed by atoms with Crippen molar-refractivity contribution in [1.29, 1.82) is 0 Å². The lowest BCUT2D eigenvalue weighted by atomic mass is 10.0. The molecule has 0 spiro atoms. The molecular weight excluding hydrogens is 294 g/mol. The van der Waals surface area contributed by atoms with E-state index in [0.29, 0.717) is 23.9 Å². The minimum atomic E-state index is -3.41. The Morgan fingerprint density at radius 2 is 1.59 bits per heavy atom. The quantitative estimate of drug-likeness (QED) is 0.868. The predicted molar refractivity (Wildman–Crippen MR) is 88.3 cm³/mol. The molecule has 0 radical (unpaired) electrons. The third-order valence-electron chi connectivity index (χ3n) is 4.28. The standard InChI is InChI=1S/C18H21NO2S/c1-14(2)15-7-9-18(10-8-15)22(20,21)19-12-11-16-5-3-4-6-17(16)13-19/h3-10,14H,11-13H2,1-2H3. The molecule has 1 aliphatic rings. The highest BCUT2D eigenvalue weighted by Gasteiger charge is 2.28. The van der Waals surface area contributed by atoms with Gasteiger partial charge in [-0.25, -0.2) is 8.42 Å². The molecule has 0 unspecified atom stereocenters. The van der Waals surface area contributed by atoms with Crippen molar-refractivity contribution < 1.29 is 8.42 Å². The van der Waals surface area contributed by atoms with Crippen molar-refractivity contribution in [2.24, 2.45) is 0 Å². The van der Waals surface area contributed by atoms with Gasteiger partial charge in [0.25, 0.3) is 0 Å². The van der Waals surface area contributed by atoms with E-state index in [1.54, 1.807) is 16.4 Å². The third kappa shape index (κ3) is 2.81. The topological polar surface area (TPSA) is 37.4 Å². The Kier molecular flexibility index (Phi) is 4.06. The molecule has 3 nitrogen and oxygen atoms in total. The van der Waals surface area contributed by atoms with Crippen LogP contribution in [0.1, 0.15) is 36.5 Å². The first kappa shape index (κ1) is 15.3. The van der Waals surface area contributed by atoms with Crippen LogP contribution in [0.2, 0.25) is 0 Å². The van der Waals surface area contributed by atoms with Crippen molar-refractivity contribution in [3.05, 3.63) is 65.2 Å². The molecule has 1 aliphatic heterocycles. The summed E-state index contributed by atoms with van der Waals surface area (Å²) in [6, 6.07) is 15.3. The summed E-state index contributed by atoms with van der Waals surface area (Å²) in [7, 11) is -3.41. The molecule has 3 rings (SSSR count). The smallest absolute Gasteiger partial charge is 0.207 e. The second kappa shape index (κ2) is 5.86. The minimum Gasteiger partial charge on any atom is -0.207 e. The molecule has 0 N–H and O–H groups in total. The molecule has 0 fully saturated rings. The summed E-state index contributed by atoms with van der Waals surface area (Å²) in [6.45, 7) is 5.21. The van der Waals surface area contributed by atoms with Gasteiger partial charge in [0.1, 0.15) is 0 Å². The Morgan fingerprint density at radius 3 is 2.23 bits per heavy atom. The molecule has 0 amide bonds. The number of nitrogens with zero attached hydrogens (tertiary/aromatic N) is 1. The Hall–Kier alpha value is -1.65. The lowest BCUT2D eigenvalue weighted by molar-refractivity contribution is 0.391. The normalized spacial score (nSPS) is 15.8. The van der Waals surface area contributed by atoms with Crippen LogP contribution < -0.4 is 0 Å². The molecule has 0 bridgehead atoms. The van der Waals surface area contributed by atoms with Crippen LogP contribution >= 0.6 is 0 Å². The first-order valence-corrected chi connectivity index (χ1v) is 9.09. The maximum absolute atomic E-state index is 12.8. The van der Waals surface area contributed by atoms with E-state index in [-0.39, 0.29) is 0 Å². The van der Waals surface area contributed by atoms with Crippen LogP contribution in [-0.4, -0.2) is 19.3 Å². The fourth-order valence-electron chi connectivity index (χ4n) is 2.85. The fraction of sp³-hybridized carbons (Fsp3) is 0.333. The van der Waals surface area contributed by atoms with Crippen molar-refractivity contribution in [2.75, 3.05) is 6.54 Å². The predicted octanol–water partition coefficient (Wildman–Crippen LogP) is 3.56. The van der Waals surface area contributed by atoms with Gasteiger partial charge in [-0.3, -0.25) is 0 Å². The molecule has 0 aromatic heterocycles. The second-order valence-electron chi connectivity index (χ2n) is 6.08. The van der Waals surface area contributed by atoms with Gasteiger partial charge >= 0.3 is 0 Å². The van der Waals surface area contributed by atoms with Gasteiger partial charge in [-0.15, -0.1) is 0 Å². The van der Waals surface area contributed by atoms with Gasteiger partial charge in [0.2, 0.25) is 10.0 Å². The zero-order valence-corrected chi connectivity index (χ0v) is 13.8. The molecule has 0 atom stereocenters. The third-order valence-corrected chi connectivity index (χ3v) is 6.14. The summed E-state index contributed by atoms with van der Waals surface area (Å²) in [5.74, 6) is 0.401. The highest BCUT2D eigenvalue weighted by molar-refractivity contribution is 7.89. The summed E-state index contributed by atoms with van der Waals surface area (Å²) in [4.78, 5) is 0.385. The number of sulfonamides is 1. The Bertz CT molecular complexity index is 764. The van der Waals surface area contributed by atoms with Crippen molar-refractivity contribution in [2.45, 2.75) is 37.6 Å². The van der Waals surface area contributed by atoms with Gasteiger partial charge in [0.05, 0.1) is 4.90 Å². The van der Waals surface area contributed by atoms with Crippen LogP contribution in [-0.2, 0) is 23.0 Å². The lowest BCUT2D eigenvalue weighted by Crippen LogP contribution is -2.35. The molecule has 4 heteroatoms. The molecule has 22 heavy (non-hydrogen) atoms. The molecule has 0 aliphatic carbocycles. The molecule has 0 saturated heterocycles. The van der Waals surface area contributed by atoms with E-state index < -0.39 is 10.0 Å². The van der Waals surface area contributed by atoms with Crippen LogP contribution in [0.3, 0.4) is 0 Å². The van der Waals surface area contributed by atoms with Crippen molar-refractivity contribution >= 4 is 10.0 Å². The van der Waals surface area contributed by atoms with Crippen molar-refractivity contribution in [1.82, 2.24) is 4.31 Å². The summed E-state index contributed by atoms with van der Waals surface area (Å²) in [5.41, 5.74) is 3.52. The number of fused-ring (bicyclic) bond motifs is 1. The van der Waals surface area contributed by atoms with Gasteiger partial charge in [-0.2, -0.15) is 4.31 Å². The SMILES string of the molecule is CC(C)c1ccc(S(=O)(=O)N2CCc3ccccc3C2)cc1. The monoisotopic (exact) mass is 315 g/mol. The highest BCUT2D eigenvalue weighted by atomic mass is 32.2. The van der Waals surface area contributed by atoms with Crippen molar-refractivity contribution in [3.8, 4) is 0 Å². The average Bonchev–Trinajstić information content (AvgIpc) is 2.54. The fourth-order valence-corrected chi connectivity index (χ4v) is 4.27. The number of hydrogen-bond acceptors (Lipinski definition) is 2. The average molecular weight is 315 g/mol. The summed E-state index contributed by atoms with van der Waals surface area (Å²) >= 11 is 0. The number of benzene rings is 2. The Labute approximate surface area is 132 Å². The first-order chi connectivity index (χ1) is 10.5. The van der Waals surface area contributed by atoms with Gasteiger partial charge in [0.15, 0.2) is 0 Å². The zero-order chi connectivity index (χ0) is 15.7. The lowest BCUT2D eigenvalue weighted by Gasteiger charge is -2.28. The second-order valence-corrected chi connectivity index (χ2v) is 8.02. The molecule has 0 saturated carbocycles. The maximum atomic E-state index is 12.8. The van der Waals surface area contributed by atoms with Crippen LogP contribution in [0.5, 0.6) is 0 Å². The van der Waals surface area contributed by atoms with Gasteiger partial charge in [-0.05, 0) is 41.2 Å². The van der Waals surface area contributed by atoms with Crippen LogP contribution in [0.4, 0.5) is 0 Å². The van der Waals surface area contributed by atoms with Crippen LogP contribution in [0.15, 0.2) is 53.4 Å². The van der Waals surface area contributed by atoms with Crippen LogP contribution in [0.25, 0.3) is 0 Å². The molecule has 116 valence electrons. The Morgan fingerprint density at radius 1 is 0.955 bits per heavy atom. The molecule has 2 aromatic carbocycles. The number of rotatable bonds is 3.